The van der Waals surface area contributed by atoms with Crippen molar-refractivity contribution >= 4 is 49.4 Å². The number of benzene rings is 3. The minimum atomic E-state index is -5.11. The van der Waals surface area contributed by atoms with Gasteiger partial charge in [0.2, 0.25) is 0 Å². The number of amides is 2. The van der Waals surface area contributed by atoms with E-state index in [2.05, 4.69) is 37.0 Å². The summed E-state index contributed by atoms with van der Waals surface area (Å²) in [5, 5.41) is 3.61. The molecule has 2 aliphatic rings. The van der Waals surface area contributed by atoms with Crippen LogP contribution in [0.25, 0.3) is 0 Å². The van der Waals surface area contributed by atoms with Gasteiger partial charge in [0.1, 0.15) is 0 Å². The number of rotatable bonds is 4. The van der Waals surface area contributed by atoms with Crippen LogP contribution >= 0.6 is 31.9 Å². The lowest BCUT2D eigenvalue weighted by molar-refractivity contribution is -0.276. The first-order valence-corrected chi connectivity index (χ1v) is 12.7. The van der Waals surface area contributed by atoms with Gasteiger partial charge in [-0.15, -0.1) is 0 Å². The van der Waals surface area contributed by atoms with Gasteiger partial charge in [0.25, 0.3) is 17.4 Å². The second kappa shape index (κ2) is 9.47. The number of alkyl halides is 6. The summed E-state index contributed by atoms with van der Waals surface area (Å²) in [6, 6.07) is 12.8. The highest BCUT2D eigenvalue weighted by atomic mass is 79.9. The van der Waals surface area contributed by atoms with Gasteiger partial charge in [-0.1, -0.05) is 61.3 Å². The van der Waals surface area contributed by atoms with E-state index in [0.29, 0.717) is 22.2 Å². The maximum absolute atomic E-state index is 14.3. The van der Waals surface area contributed by atoms with E-state index >= 15 is 0 Å². The smallest absolute Gasteiger partial charge is 0.374 e. The molecule has 0 N–H and O–H groups in total. The Morgan fingerprint density at radius 1 is 0.897 bits per heavy atom. The highest BCUT2D eigenvalue weighted by Gasteiger charge is 2.62. The van der Waals surface area contributed by atoms with Crippen LogP contribution in [0.4, 0.5) is 26.3 Å². The summed E-state index contributed by atoms with van der Waals surface area (Å²) in [6.07, 6.45) is -10.9. The maximum Gasteiger partial charge on any atom is 0.435 e. The molecule has 0 aromatic heterocycles. The summed E-state index contributed by atoms with van der Waals surface area (Å²) >= 11 is 6.19. The molecule has 1 unspecified atom stereocenters. The van der Waals surface area contributed by atoms with Crippen molar-refractivity contribution in [3.8, 4) is 0 Å². The zero-order valence-corrected chi connectivity index (χ0v) is 22.5. The molecule has 2 heterocycles. The second-order valence-corrected chi connectivity index (χ2v) is 10.7. The summed E-state index contributed by atoms with van der Waals surface area (Å²) in [7, 11) is 0. The third kappa shape index (κ3) is 4.75. The fourth-order valence-electron chi connectivity index (χ4n) is 4.45. The number of halogens is 8. The van der Waals surface area contributed by atoms with Crippen molar-refractivity contribution in [2.24, 2.45) is 5.16 Å². The van der Waals surface area contributed by atoms with Gasteiger partial charge in [-0.3, -0.25) is 14.5 Å². The third-order valence-corrected chi connectivity index (χ3v) is 7.67. The third-order valence-electron chi connectivity index (χ3n) is 6.47. The zero-order chi connectivity index (χ0) is 28.3. The molecule has 2 aliphatic heterocycles. The van der Waals surface area contributed by atoms with E-state index in [9.17, 15) is 35.9 Å². The monoisotopic (exact) mass is 674 g/mol. The molecular formula is C26H14Br2F6N2O3. The van der Waals surface area contributed by atoms with Crippen LogP contribution in [0.2, 0.25) is 0 Å². The highest BCUT2D eigenvalue weighted by molar-refractivity contribution is 9.10. The van der Waals surface area contributed by atoms with Crippen molar-refractivity contribution in [1.29, 1.82) is 0 Å². The topological polar surface area (TPSA) is 59.0 Å². The normalized spacial score (nSPS) is 19.3. The molecule has 0 aliphatic carbocycles. The first-order valence-electron chi connectivity index (χ1n) is 11.2. The molecular weight excluding hydrogens is 662 g/mol. The summed E-state index contributed by atoms with van der Waals surface area (Å²) in [5.41, 5.74) is -4.05. The number of hydrogen-bond donors (Lipinski definition) is 0. The molecule has 13 heteroatoms. The molecule has 5 rings (SSSR count). The quantitative estimate of drug-likeness (QED) is 0.211. The van der Waals surface area contributed by atoms with E-state index in [1.165, 1.54) is 18.2 Å². The number of carbonyl (C=O) groups excluding carboxylic acids is 2. The lowest BCUT2D eigenvalue weighted by atomic mass is 9.85. The largest absolute Gasteiger partial charge is 0.435 e. The molecule has 0 spiro atoms. The Kier molecular flexibility index (Phi) is 6.65. The van der Waals surface area contributed by atoms with Crippen molar-refractivity contribution in [2.75, 3.05) is 0 Å². The van der Waals surface area contributed by atoms with Crippen molar-refractivity contribution in [1.82, 2.24) is 4.90 Å². The van der Waals surface area contributed by atoms with Crippen LogP contribution in [0, 0.1) is 0 Å². The molecule has 1 atom stereocenters. The number of nitrogens with zero attached hydrogens (tertiary/aromatic N) is 2. The zero-order valence-electron chi connectivity index (χ0n) is 19.3. The van der Waals surface area contributed by atoms with E-state index in [1.54, 1.807) is 24.3 Å². The van der Waals surface area contributed by atoms with E-state index in [-0.39, 0.29) is 33.4 Å². The van der Waals surface area contributed by atoms with E-state index < -0.39 is 47.3 Å². The second-order valence-electron chi connectivity index (χ2n) is 8.91. The molecule has 39 heavy (non-hydrogen) atoms. The summed E-state index contributed by atoms with van der Waals surface area (Å²) in [4.78, 5) is 31.3. The Morgan fingerprint density at radius 3 is 2.10 bits per heavy atom. The molecule has 0 saturated carbocycles. The molecule has 0 fully saturated rings. The van der Waals surface area contributed by atoms with Crippen molar-refractivity contribution < 1.29 is 40.8 Å². The van der Waals surface area contributed by atoms with Crippen LogP contribution in [-0.2, 0) is 23.2 Å². The van der Waals surface area contributed by atoms with Crippen LogP contribution in [0.3, 0.4) is 0 Å². The van der Waals surface area contributed by atoms with Gasteiger partial charge >= 0.3 is 12.4 Å². The molecule has 0 saturated heterocycles. The van der Waals surface area contributed by atoms with Crippen LogP contribution in [0.1, 0.15) is 49.4 Å². The number of imide groups is 1. The molecule has 2 amide bonds. The molecule has 202 valence electrons. The Labute approximate surface area is 233 Å². The minimum absolute atomic E-state index is 0.0963. The van der Waals surface area contributed by atoms with Crippen LogP contribution in [0.5, 0.6) is 0 Å². The first-order chi connectivity index (χ1) is 18.2. The summed E-state index contributed by atoms with van der Waals surface area (Å²) in [6.45, 7) is -0.0963. The van der Waals surface area contributed by atoms with Crippen LogP contribution in [-0.4, -0.2) is 28.6 Å². The Hall–Kier alpha value is -3.19. The molecule has 3 aromatic rings. The minimum Gasteiger partial charge on any atom is -0.374 e. The van der Waals surface area contributed by atoms with Gasteiger partial charge in [-0.2, -0.15) is 26.3 Å². The SMILES string of the molecule is O=C1c2ccccc2C(=O)N1Cc1ccc(C2=NOC(c3cc(Br)cc(C(F)(F)F)c3)(C(F)(F)F)C2)cc1Br. The number of fused-ring (bicyclic) bond motifs is 1. The summed E-state index contributed by atoms with van der Waals surface area (Å²) in [5.74, 6) is -0.940. The fraction of sp³-hybridized carbons (Fsp3) is 0.192. The maximum atomic E-state index is 14.3. The molecule has 0 bridgehead atoms. The van der Waals surface area contributed by atoms with E-state index in [0.717, 1.165) is 11.0 Å². The summed E-state index contributed by atoms with van der Waals surface area (Å²) < 4.78 is 83.2. The average molecular weight is 676 g/mol. The van der Waals surface area contributed by atoms with Crippen molar-refractivity contribution in [2.45, 2.75) is 30.9 Å². The van der Waals surface area contributed by atoms with Gasteiger partial charge < -0.3 is 4.84 Å². The van der Waals surface area contributed by atoms with E-state index in [4.69, 9.17) is 4.84 Å². The predicted octanol–water partition coefficient (Wildman–Crippen LogP) is 7.61. The van der Waals surface area contributed by atoms with Crippen molar-refractivity contribution in [3.05, 3.63) is 103 Å². The number of oxime groups is 1. The molecule has 3 aromatic carbocycles. The van der Waals surface area contributed by atoms with Gasteiger partial charge in [0, 0.05) is 26.5 Å². The molecule has 0 radical (unpaired) electrons. The Morgan fingerprint density at radius 2 is 1.54 bits per heavy atom. The highest BCUT2D eigenvalue weighted by Crippen LogP contribution is 2.50. The van der Waals surface area contributed by atoms with E-state index in [1.807, 2.05) is 0 Å². The van der Waals surface area contributed by atoms with Crippen molar-refractivity contribution in [3.63, 3.8) is 0 Å². The molecule has 5 nitrogen and oxygen atoms in total. The van der Waals surface area contributed by atoms with Gasteiger partial charge in [0.15, 0.2) is 0 Å². The fourth-order valence-corrected chi connectivity index (χ4v) is 5.45. The van der Waals surface area contributed by atoms with Crippen LogP contribution in [0.15, 0.2) is 74.8 Å². The standard InChI is InChI=1S/C26H14Br2F6N2O3/c27-17-9-15(8-16(10-17)25(29,30)31)24(26(32,33)34)11-21(35-39-24)13-5-6-14(20(28)7-13)12-36-22(37)18-3-1-2-4-19(18)23(36)38/h1-10H,11-12H2. The van der Waals surface area contributed by atoms with Gasteiger partial charge in [-0.25, -0.2) is 0 Å². The first kappa shape index (κ1) is 27.4. The van der Waals surface area contributed by atoms with Gasteiger partial charge in [-0.05, 0) is 42.0 Å². The van der Waals surface area contributed by atoms with Gasteiger partial charge in [0.05, 0.1) is 28.9 Å². The Balaban J connectivity index is 1.42. The van der Waals surface area contributed by atoms with Crippen LogP contribution < -0.4 is 0 Å². The Bertz CT molecular complexity index is 1520. The number of carbonyl (C=O) groups is 2. The lowest BCUT2D eigenvalue weighted by Gasteiger charge is -2.30. The average Bonchev–Trinajstić information content (AvgIpc) is 3.42. The predicted molar refractivity (Wildman–Crippen MR) is 134 cm³/mol. The number of hydrogen-bond acceptors (Lipinski definition) is 4. The lowest BCUT2D eigenvalue weighted by Crippen LogP contribution is -2.43.